The number of carbonyl (C=O) groups is 1. The highest BCUT2D eigenvalue weighted by Gasteiger charge is 2.50. The average molecular weight is 168 g/mol. The molecule has 0 bridgehead atoms. The molecule has 1 N–H and O–H groups in total. The number of Topliss-reactive ketones (excluding diaryl/α,β-unsaturated/α-hetero) is 1. The van der Waals surface area contributed by atoms with Gasteiger partial charge in [0.2, 0.25) is 0 Å². The van der Waals surface area contributed by atoms with E-state index in [2.05, 4.69) is 0 Å². The third-order valence-corrected chi connectivity index (χ3v) is 3.80. The van der Waals surface area contributed by atoms with E-state index >= 15 is 0 Å². The predicted octanol–water partition coefficient (Wildman–Crippen LogP) is 1.52. The third-order valence-electron chi connectivity index (χ3n) is 3.80. The van der Waals surface area contributed by atoms with Crippen molar-refractivity contribution < 1.29 is 9.90 Å². The summed E-state index contributed by atoms with van der Waals surface area (Å²) in [5.74, 6) is 0.647. The smallest absolute Gasteiger partial charge is 0.139 e. The number of aliphatic hydroxyl groups is 1. The molecule has 2 nitrogen and oxygen atoms in total. The monoisotopic (exact) mass is 168 g/mol. The zero-order valence-corrected chi connectivity index (χ0v) is 7.55. The molecule has 0 amide bonds. The van der Waals surface area contributed by atoms with Gasteiger partial charge in [-0.1, -0.05) is 6.92 Å². The minimum atomic E-state index is -0.209. The minimum Gasteiger partial charge on any atom is -0.393 e. The van der Waals surface area contributed by atoms with Gasteiger partial charge < -0.3 is 5.11 Å². The van der Waals surface area contributed by atoms with Gasteiger partial charge in [-0.15, -0.1) is 0 Å². The summed E-state index contributed by atoms with van der Waals surface area (Å²) in [5.41, 5.74) is -0.169. The van der Waals surface area contributed by atoms with E-state index in [1.54, 1.807) is 0 Å². The first-order valence-corrected chi connectivity index (χ1v) is 4.86. The van der Waals surface area contributed by atoms with Crippen molar-refractivity contribution in [2.75, 3.05) is 0 Å². The molecule has 0 heterocycles. The lowest BCUT2D eigenvalue weighted by Gasteiger charge is -2.35. The van der Waals surface area contributed by atoms with Crippen LogP contribution in [0.2, 0.25) is 0 Å². The maximum absolute atomic E-state index is 11.6. The van der Waals surface area contributed by atoms with E-state index in [0.717, 1.165) is 32.1 Å². The van der Waals surface area contributed by atoms with Gasteiger partial charge in [-0.2, -0.15) is 0 Å². The molecule has 0 aromatic rings. The van der Waals surface area contributed by atoms with E-state index in [1.807, 2.05) is 6.92 Å². The summed E-state index contributed by atoms with van der Waals surface area (Å²) < 4.78 is 0. The van der Waals surface area contributed by atoms with Crippen LogP contribution in [0, 0.1) is 11.3 Å². The molecule has 2 saturated carbocycles. The first-order chi connectivity index (χ1) is 5.64. The second kappa shape index (κ2) is 2.56. The molecule has 0 aliphatic heterocycles. The fraction of sp³-hybridized carbons (Fsp3) is 0.900. The Kier molecular flexibility index (Phi) is 1.76. The van der Waals surface area contributed by atoms with Crippen LogP contribution in [0.5, 0.6) is 0 Å². The van der Waals surface area contributed by atoms with Crippen LogP contribution in [0.3, 0.4) is 0 Å². The van der Waals surface area contributed by atoms with Crippen molar-refractivity contribution in [2.24, 2.45) is 11.3 Å². The zero-order chi connectivity index (χ0) is 8.77. The van der Waals surface area contributed by atoms with Crippen molar-refractivity contribution >= 4 is 5.78 Å². The standard InChI is InChI=1S/C10H16O2/c1-10-6-5-8(11)7(10)3-2-4-9(10)12/h7-8,11H,2-6H2,1H3/t7-,8+,10+/m1/s1. The lowest BCUT2D eigenvalue weighted by atomic mass is 9.68. The summed E-state index contributed by atoms with van der Waals surface area (Å²) in [7, 11) is 0. The summed E-state index contributed by atoms with van der Waals surface area (Å²) in [5, 5.41) is 9.66. The molecule has 2 aliphatic rings. The molecule has 2 heteroatoms. The molecule has 2 rings (SSSR count). The van der Waals surface area contributed by atoms with Crippen molar-refractivity contribution in [2.45, 2.75) is 45.1 Å². The maximum Gasteiger partial charge on any atom is 0.139 e. The van der Waals surface area contributed by atoms with E-state index < -0.39 is 0 Å². The molecule has 0 radical (unpaired) electrons. The van der Waals surface area contributed by atoms with E-state index in [-0.39, 0.29) is 17.4 Å². The van der Waals surface area contributed by atoms with Crippen molar-refractivity contribution in [1.82, 2.24) is 0 Å². The van der Waals surface area contributed by atoms with Crippen LogP contribution in [0.4, 0.5) is 0 Å². The molecule has 0 unspecified atom stereocenters. The van der Waals surface area contributed by atoms with E-state index in [1.165, 1.54) is 0 Å². The van der Waals surface area contributed by atoms with Gasteiger partial charge in [-0.05, 0) is 31.6 Å². The van der Waals surface area contributed by atoms with Gasteiger partial charge in [0.25, 0.3) is 0 Å². The Morgan fingerprint density at radius 3 is 2.92 bits per heavy atom. The first-order valence-electron chi connectivity index (χ1n) is 4.86. The first kappa shape index (κ1) is 8.24. The number of rotatable bonds is 0. The molecule has 12 heavy (non-hydrogen) atoms. The van der Waals surface area contributed by atoms with Crippen LogP contribution >= 0.6 is 0 Å². The Morgan fingerprint density at radius 1 is 1.50 bits per heavy atom. The van der Waals surface area contributed by atoms with Crippen LogP contribution in [0.1, 0.15) is 39.0 Å². The number of hydrogen-bond acceptors (Lipinski definition) is 2. The Labute approximate surface area is 73.0 Å². The summed E-state index contributed by atoms with van der Waals surface area (Å²) in [6, 6.07) is 0. The fourth-order valence-electron chi connectivity index (χ4n) is 2.88. The van der Waals surface area contributed by atoms with Crippen molar-refractivity contribution in [3.05, 3.63) is 0 Å². The second-order valence-corrected chi connectivity index (χ2v) is 4.45. The minimum absolute atomic E-state index is 0.169. The number of hydrogen-bond donors (Lipinski definition) is 1. The van der Waals surface area contributed by atoms with Crippen LogP contribution in [0.25, 0.3) is 0 Å². The summed E-state index contributed by atoms with van der Waals surface area (Å²) in [6.45, 7) is 2.04. The predicted molar refractivity (Wildman–Crippen MR) is 45.7 cm³/mol. The molecule has 0 aromatic heterocycles. The van der Waals surface area contributed by atoms with Gasteiger partial charge in [0.1, 0.15) is 5.78 Å². The van der Waals surface area contributed by atoms with E-state index in [9.17, 15) is 9.90 Å². The van der Waals surface area contributed by atoms with Gasteiger partial charge in [-0.3, -0.25) is 4.79 Å². The average Bonchev–Trinajstić information content (AvgIpc) is 2.33. The Morgan fingerprint density at radius 2 is 2.25 bits per heavy atom. The summed E-state index contributed by atoms with van der Waals surface area (Å²) >= 11 is 0. The van der Waals surface area contributed by atoms with Crippen LogP contribution in [-0.2, 0) is 4.79 Å². The van der Waals surface area contributed by atoms with Gasteiger partial charge >= 0.3 is 0 Å². The van der Waals surface area contributed by atoms with Gasteiger partial charge in [-0.25, -0.2) is 0 Å². The van der Waals surface area contributed by atoms with Crippen LogP contribution in [0.15, 0.2) is 0 Å². The Hall–Kier alpha value is -0.370. The summed E-state index contributed by atoms with van der Waals surface area (Å²) in [6.07, 6.45) is 4.28. The van der Waals surface area contributed by atoms with Crippen LogP contribution < -0.4 is 0 Å². The van der Waals surface area contributed by atoms with E-state index in [4.69, 9.17) is 0 Å². The molecule has 0 aromatic carbocycles. The highest BCUT2D eigenvalue weighted by atomic mass is 16.3. The maximum atomic E-state index is 11.6. The molecule has 0 saturated heterocycles. The number of aliphatic hydroxyl groups excluding tert-OH is 1. The molecule has 3 atom stereocenters. The molecular formula is C10H16O2. The number of ketones is 1. The SMILES string of the molecule is C[C@]12CC[C@H](O)[C@H]1CCCC2=O. The molecular weight excluding hydrogens is 152 g/mol. The third kappa shape index (κ3) is 0.939. The van der Waals surface area contributed by atoms with Crippen molar-refractivity contribution in [3.8, 4) is 0 Å². The molecule has 2 fully saturated rings. The fourth-order valence-corrected chi connectivity index (χ4v) is 2.88. The normalized spacial score (nSPS) is 47.7. The second-order valence-electron chi connectivity index (χ2n) is 4.45. The highest BCUT2D eigenvalue weighted by Crippen LogP contribution is 2.49. The molecule has 68 valence electrons. The lowest BCUT2D eigenvalue weighted by molar-refractivity contribution is -0.134. The Bertz CT molecular complexity index is 212. The number of carbonyl (C=O) groups excluding carboxylic acids is 1. The van der Waals surface area contributed by atoms with Gasteiger partial charge in [0, 0.05) is 11.8 Å². The lowest BCUT2D eigenvalue weighted by Crippen LogP contribution is -2.38. The topological polar surface area (TPSA) is 37.3 Å². The molecule has 2 aliphatic carbocycles. The number of fused-ring (bicyclic) bond motifs is 1. The highest BCUT2D eigenvalue weighted by molar-refractivity contribution is 5.86. The van der Waals surface area contributed by atoms with Crippen LogP contribution in [-0.4, -0.2) is 17.0 Å². The quantitative estimate of drug-likeness (QED) is 0.595. The zero-order valence-electron chi connectivity index (χ0n) is 7.55. The Balaban J connectivity index is 2.26. The van der Waals surface area contributed by atoms with E-state index in [0.29, 0.717) is 5.78 Å². The van der Waals surface area contributed by atoms with Gasteiger partial charge in [0.15, 0.2) is 0 Å². The van der Waals surface area contributed by atoms with Crippen molar-refractivity contribution in [3.63, 3.8) is 0 Å². The van der Waals surface area contributed by atoms with Crippen molar-refractivity contribution in [1.29, 1.82) is 0 Å². The summed E-state index contributed by atoms with van der Waals surface area (Å²) in [4.78, 5) is 11.6. The largest absolute Gasteiger partial charge is 0.393 e. The molecule has 0 spiro atoms. The van der Waals surface area contributed by atoms with Gasteiger partial charge in [0.05, 0.1) is 6.10 Å².